The third-order valence-electron chi connectivity index (χ3n) is 1.64. The van der Waals surface area contributed by atoms with Crippen molar-refractivity contribution in [2.75, 3.05) is 7.11 Å². The van der Waals surface area contributed by atoms with Gasteiger partial charge in [-0.15, -0.1) is 0 Å². The van der Waals surface area contributed by atoms with E-state index in [4.69, 9.17) is 4.74 Å². The van der Waals surface area contributed by atoms with Gasteiger partial charge in [0.25, 0.3) is 0 Å². The third-order valence-corrected chi connectivity index (χ3v) is 8.90. The molecule has 0 aliphatic carbocycles. The molecule has 0 saturated heterocycles. The van der Waals surface area contributed by atoms with E-state index < -0.39 is 18.4 Å². The van der Waals surface area contributed by atoms with E-state index >= 15 is 0 Å². The Hall–Kier alpha value is 0.299. The molecule has 1 rings (SSSR count). The maximum absolute atomic E-state index is 5.14. The predicted octanol–water partition coefficient (Wildman–Crippen LogP) is 2.30. The van der Waals surface area contributed by atoms with Crippen LogP contribution in [-0.4, -0.2) is 25.5 Å². The molecule has 0 bridgehead atoms. The fourth-order valence-electron chi connectivity index (χ4n) is 0.817. The molecule has 0 N–H and O–H groups in total. The molecular formula is C8H14OSSn. The summed E-state index contributed by atoms with van der Waals surface area (Å²) in [6, 6.07) is 2.20. The molecule has 0 aliphatic rings. The Morgan fingerprint density at radius 2 is 2.00 bits per heavy atom. The van der Waals surface area contributed by atoms with Crippen LogP contribution in [0, 0.1) is 0 Å². The molecule has 1 aromatic rings. The van der Waals surface area contributed by atoms with Crippen LogP contribution in [0.25, 0.3) is 0 Å². The first kappa shape index (κ1) is 9.39. The summed E-state index contributed by atoms with van der Waals surface area (Å²) >= 11 is -0.0786. The molecule has 0 amide bonds. The summed E-state index contributed by atoms with van der Waals surface area (Å²) in [4.78, 5) is 7.24. The first-order valence-electron chi connectivity index (χ1n) is 3.67. The minimum absolute atomic E-state index is 1.05. The van der Waals surface area contributed by atoms with Crippen molar-refractivity contribution in [3.8, 4) is 5.06 Å². The van der Waals surface area contributed by atoms with Gasteiger partial charge in [-0.2, -0.15) is 0 Å². The number of rotatable bonds is 2. The zero-order valence-corrected chi connectivity index (χ0v) is 11.1. The standard InChI is InChI=1S/C5H5OS.3CH3.Sn/c1-6-5-3-2-4-7-5;;;;/h3-4H,1H3;3*1H3;. The second-order valence-corrected chi connectivity index (χ2v) is 19.0. The monoisotopic (exact) mass is 278 g/mol. The third kappa shape index (κ3) is 2.37. The summed E-state index contributed by atoms with van der Waals surface area (Å²) in [6.45, 7) is 0. The first-order chi connectivity index (χ1) is 5.04. The molecule has 0 aliphatic heterocycles. The van der Waals surface area contributed by atoms with Gasteiger partial charge in [-0.05, 0) is 0 Å². The van der Waals surface area contributed by atoms with E-state index in [1.54, 1.807) is 22.0 Å². The Balaban J connectivity index is 2.89. The molecule has 11 heavy (non-hydrogen) atoms. The Morgan fingerprint density at radius 1 is 1.36 bits per heavy atom. The molecule has 0 spiro atoms. The zero-order chi connectivity index (χ0) is 8.48. The molecule has 3 heteroatoms. The van der Waals surface area contributed by atoms with E-state index in [1.807, 2.05) is 0 Å². The van der Waals surface area contributed by atoms with Gasteiger partial charge in [0.15, 0.2) is 0 Å². The fourth-order valence-corrected chi connectivity index (χ4v) is 7.21. The van der Waals surface area contributed by atoms with E-state index in [0.29, 0.717) is 0 Å². The van der Waals surface area contributed by atoms with Gasteiger partial charge in [0, 0.05) is 0 Å². The Labute approximate surface area is 76.3 Å². The van der Waals surface area contributed by atoms with Crippen molar-refractivity contribution in [3.05, 3.63) is 11.4 Å². The van der Waals surface area contributed by atoms with Gasteiger partial charge in [0.2, 0.25) is 0 Å². The molecule has 0 saturated carbocycles. The molecule has 0 radical (unpaired) electrons. The van der Waals surface area contributed by atoms with Crippen molar-refractivity contribution in [1.82, 2.24) is 0 Å². The van der Waals surface area contributed by atoms with E-state index in [2.05, 4.69) is 26.3 Å². The predicted molar refractivity (Wildman–Crippen MR) is 53.9 cm³/mol. The molecular weight excluding hydrogens is 263 g/mol. The average molecular weight is 277 g/mol. The van der Waals surface area contributed by atoms with E-state index in [1.165, 1.54) is 0 Å². The molecule has 0 atom stereocenters. The topological polar surface area (TPSA) is 9.23 Å². The van der Waals surface area contributed by atoms with Crippen molar-refractivity contribution in [2.45, 2.75) is 14.8 Å². The molecule has 1 nitrogen and oxygen atoms in total. The molecule has 1 aromatic heterocycles. The van der Waals surface area contributed by atoms with Crippen molar-refractivity contribution in [2.24, 2.45) is 0 Å². The summed E-state index contributed by atoms with van der Waals surface area (Å²) in [7, 11) is 1.73. The summed E-state index contributed by atoms with van der Waals surface area (Å²) < 4.78 is 6.70. The van der Waals surface area contributed by atoms with Crippen molar-refractivity contribution in [1.29, 1.82) is 0 Å². The van der Waals surface area contributed by atoms with Crippen LogP contribution < -0.4 is 8.32 Å². The summed E-state index contributed by atoms with van der Waals surface area (Å²) in [5.41, 5.74) is 0. The second kappa shape index (κ2) is 3.35. The van der Waals surface area contributed by atoms with Crippen LogP contribution in [0.3, 0.4) is 0 Å². The molecule has 1 heterocycles. The van der Waals surface area contributed by atoms with Crippen LogP contribution in [0.5, 0.6) is 5.06 Å². The van der Waals surface area contributed by atoms with Crippen LogP contribution in [0.4, 0.5) is 0 Å². The van der Waals surface area contributed by atoms with E-state index in [9.17, 15) is 0 Å². The Morgan fingerprint density at radius 3 is 2.27 bits per heavy atom. The average Bonchev–Trinajstić information content (AvgIpc) is 2.32. The number of methoxy groups -OCH3 is 1. The Kier molecular flexibility index (Phi) is 2.86. The maximum atomic E-state index is 5.14. The fraction of sp³-hybridized carbons (Fsp3) is 0.500. The van der Waals surface area contributed by atoms with Gasteiger partial charge >= 0.3 is 76.5 Å². The SMILES string of the molecule is COc1c[c]([Sn]([CH3])([CH3])[CH3])cs1. The zero-order valence-electron chi connectivity index (χ0n) is 7.47. The van der Waals surface area contributed by atoms with Gasteiger partial charge in [-0.25, -0.2) is 0 Å². The van der Waals surface area contributed by atoms with Crippen LogP contribution in [-0.2, 0) is 0 Å². The number of hydrogen-bond acceptors (Lipinski definition) is 2. The van der Waals surface area contributed by atoms with Gasteiger partial charge in [0.1, 0.15) is 0 Å². The quantitative estimate of drug-likeness (QED) is 0.754. The normalized spacial score (nSPS) is 11.6. The number of hydrogen-bond donors (Lipinski definition) is 0. The van der Waals surface area contributed by atoms with E-state index in [-0.39, 0.29) is 0 Å². The van der Waals surface area contributed by atoms with E-state index in [0.717, 1.165) is 5.06 Å². The molecule has 0 unspecified atom stereocenters. The van der Waals surface area contributed by atoms with Gasteiger partial charge in [-0.1, -0.05) is 0 Å². The molecule has 0 aromatic carbocycles. The number of ether oxygens (including phenoxy) is 1. The van der Waals surface area contributed by atoms with Crippen molar-refractivity contribution < 1.29 is 4.74 Å². The van der Waals surface area contributed by atoms with Gasteiger partial charge in [-0.3, -0.25) is 0 Å². The Bertz CT molecular complexity index is 236. The molecule has 62 valence electrons. The van der Waals surface area contributed by atoms with Crippen LogP contribution in [0.15, 0.2) is 11.4 Å². The van der Waals surface area contributed by atoms with Crippen LogP contribution in [0.1, 0.15) is 0 Å². The summed E-state index contributed by atoms with van der Waals surface area (Å²) in [5.74, 6) is 0. The summed E-state index contributed by atoms with van der Waals surface area (Å²) in [5, 5.41) is 3.29. The van der Waals surface area contributed by atoms with Crippen molar-refractivity contribution >= 4 is 33.3 Å². The first-order valence-corrected chi connectivity index (χ1v) is 14.5. The number of thiophene rings is 1. The van der Waals surface area contributed by atoms with Gasteiger partial charge < -0.3 is 0 Å². The minimum atomic E-state index is -1.79. The second-order valence-electron chi connectivity index (χ2n) is 3.61. The van der Waals surface area contributed by atoms with Crippen molar-refractivity contribution in [3.63, 3.8) is 0 Å². The van der Waals surface area contributed by atoms with Crippen LogP contribution >= 0.6 is 11.3 Å². The molecule has 0 fully saturated rings. The summed E-state index contributed by atoms with van der Waals surface area (Å²) in [6.07, 6.45) is 0. The van der Waals surface area contributed by atoms with Crippen LogP contribution in [0.2, 0.25) is 14.8 Å². The van der Waals surface area contributed by atoms with Gasteiger partial charge in [0.05, 0.1) is 0 Å².